The van der Waals surface area contributed by atoms with Crippen LogP contribution in [0.3, 0.4) is 0 Å². The topological polar surface area (TPSA) is 54.1 Å². The average Bonchev–Trinajstić information content (AvgIpc) is 2.88. The molecule has 1 aliphatic carbocycles. The van der Waals surface area contributed by atoms with Crippen LogP contribution in [0.5, 0.6) is 0 Å². The molecule has 2 aromatic carbocycles. The molecule has 4 rings (SSSR count). The molecule has 8 heteroatoms. The molecule has 0 aromatic heterocycles. The van der Waals surface area contributed by atoms with Crippen molar-refractivity contribution >= 4 is 29.8 Å². The summed E-state index contributed by atoms with van der Waals surface area (Å²) in [4.78, 5) is 3.55. The minimum atomic E-state index is -4.65. The van der Waals surface area contributed by atoms with Gasteiger partial charge in [0, 0.05) is 11.4 Å². The van der Waals surface area contributed by atoms with Gasteiger partial charge in [-0.05, 0) is 56.5 Å². The lowest BCUT2D eigenvalue weighted by Gasteiger charge is -2.46. The van der Waals surface area contributed by atoms with Crippen LogP contribution in [0.25, 0.3) is 0 Å². The third kappa shape index (κ3) is 2.96. The van der Waals surface area contributed by atoms with E-state index in [2.05, 4.69) is 0 Å². The molecule has 0 bridgehead atoms. The fraction of sp³-hybridized carbons (Fsp3) is 0.333. The molecule has 4 nitrogen and oxygen atoms in total. The summed E-state index contributed by atoms with van der Waals surface area (Å²) in [6.45, 7) is 1.98. The summed E-state index contributed by atoms with van der Waals surface area (Å²) in [6.07, 6.45) is -2.22. The van der Waals surface area contributed by atoms with Crippen molar-refractivity contribution in [3.05, 3.63) is 59.2 Å². The second-order valence-corrected chi connectivity index (χ2v) is 7.96. The van der Waals surface area contributed by atoms with Gasteiger partial charge in [-0.3, -0.25) is 10.3 Å². The molecule has 1 atom stereocenters. The molecule has 2 fully saturated rings. The number of rotatable bonds is 2. The Balaban J connectivity index is 1.81. The van der Waals surface area contributed by atoms with Crippen LogP contribution in [-0.2, 0) is 6.18 Å². The largest absolute Gasteiger partial charge is 0.417 e. The van der Waals surface area contributed by atoms with E-state index in [0.717, 1.165) is 42.6 Å². The molecule has 2 aromatic rings. The lowest BCUT2D eigenvalue weighted by atomic mass is 9.75. The number of benzene rings is 2. The van der Waals surface area contributed by atoms with Gasteiger partial charge in [-0.1, -0.05) is 17.7 Å². The highest BCUT2D eigenvalue weighted by Gasteiger charge is 2.57. The van der Waals surface area contributed by atoms with Crippen molar-refractivity contribution in [2.45, 2.75) is 43.4 Å². The molecule has 1 aliphatic heterocycles. The highest BCUT2D eigenvalue weighted by atomic mass is 32.1. The summed E-state index contributed by atoms with van der Waals surface area (Å²) in [7, 11) is 0. The smallest absolute Gasteiger partial charge is 0.329 e. The summed E-state index contributed by atoms with van der Waals surface area (Å²) in [6, 6.07) is 13.0. The van der Waals surface area contributed by atoms with Gasteiger partial charge in [0.1, 0.15) is 11.4 Å². The quantitative estimate of drug-likeness (QED) is 0.651. The van der Waals surface area contributed by atoms with Crippen molar-refractivity contribution in [1.29, 1.82) is 10.7 Å². The van der Waals surface area contributed by atoms with Gasteiger partial charge in [-0.15, -0.1) is 12.6 Å². The molecule has 2 aliphatic rings. The van der Waals surface area contributed by atoms with E-state index < -0.39 is 28.3 Å². The number of aryl methyl sites for hydroxylation is 1. The molecular weight excluding hydrogens is 397 g/mol. The summed E-state index contributed by atoms with van der Waals surface area (Å²) in [5.41, 5.74) is -0.443. The van der Waals surface area contributed by atoms with E-state index in [1.165, 1.54) is 11.0 Å². The first-order chi connectivity index (χ1) is 13.7. The Kier molecular flexibility index (Phi) is 4.54. The number of halogens is 3. The Labute approximate surface area is 172 Å². The average molecular weight is 416 g/mol. The number of nitrogens with one attached hydrogen (secondary N) is 1. The first-order valence-corrected chi connectivity index (χ1v) is 9.74. The molecule has 1 N–H and O–H groups in total. The van der Waals surface area contributed by atoms with E-state index in [0.29, 0.717) is 0 Å². The molecule has 29 heavy (non-hydrogen) atoms. The van der Waals surface area contributed by atoms with Gasteiger partial charge in [0.15, 0.2) is 5.50 Å². The fourth-order valence-electron chi connectivity index (χ4n) is 4.14. The van der Waals surface area contributed by atoms with Crippen molar-refractivity contribution in [2.24, 2.45) is 0 Å². The zero-order valence-corrected chi connectivity index (χ0v) is 16.6. The number of hydrogen-bond acceptors (Lipinski definition) is 4. The molecule has 1 saturated carbocycles. The van der Waals surface area contributed by atoms with Crippen LogP contribution in [0, 0.1) is 23.7 Å². The first kappa shape index (κ1) is 19.6. The number of amidine groups is 1. The molecule has 150 valence electrons. The van der Waals surface area contributed by atoms with E-state index >= 15 is 0 Å². The van der Waals surface area contributed by atoms with E-state index in [9.17, 15) is 13.2 Å². The molecule has 1 saturated heterocycles. The van der Waals surface area contributed by atoms with Crippen molar-refractivity contribution in [1.82, 2.24) is 0 Å². The molecule has 1 heterocycles. The predicted octanol–water partition coefficient (Wildman–Crippen LogP) is 5.33. The highest BCUT2D eigenvalue weighted by Crippen LogP contribution is 2.50. The monoisotopic (exact) mass is 416 g/mol. The summed E-state index contributed by atoms with van der Waals surface area (Å²) in [5.74, 6) is 0.238. The standard InChI is InChI=1S/C21H19F3N4S/c1-13-3-6-15(7-4-13)28-19(29)27(18(26)20(28)9-2-10-20)16-8-5-14(12-25)17(11-16)21(22,23)24/h3-8,11,19,26,29H,2,9-10H2,1H3. The van der Waals surface area contributed by atoms with Crippen molar-refractivity contribution in [3.8, 4) is 6.07 Å². The minimum absolute atomic E-state index is 0.210. The second-order valence-electron chi connectivity index (χ2n) is 7.50. The molecular formula is C21H19F3N4S. The normalized spacial score (nSPS) is 20.7. The summed E-state index contributed by atoms with van der Waals surface area (Å²) >= 11 is 4.71. The Hall–Kier alpha value is -2.66. The number of thiol groups is 1. The van der Waals surface area contributed by atoms with Crippen molar-refractivity contribution in [2.75, 3.05) is 9.80 Å². The van der Waals surface area contributed by atoms with Crippen LogP contribution in [0.4, 0.5) is 24.5 Å². The van der Waals surface area contributed by atoms with E-state index in [4.69, 9.17) is 23.3 Å². The molecule has 0 amide bonds. The number of nitriles is 1. The van der Waals surface area contributed by atoms with Crippen LogP contribution in [0.1, 0.15) is 36.0 Å². The third-order valence-electron chi connectivity index (χ3n) is 5.80. The van der Waals surface area contributed by atoms with Crippen LogP contribution in [0.15, 0.2) is 42.5 Å². The fourth-order valence-corrected chi connectivity index (χ4v) is 4.75. The molecule has 1 unspecified atom stereocenters. The number of anilines is 2. The summed E-state index contributed by atoms with van der Waals surface area (Å²) in [5, 5.41) is 17.9. The van der Waals surface area contributed by atoms with Gasteiger partial charge in [0.25, 0.3) is 0 Å². The van der Waals surface area contributed by atoms with E-state index in [-0.39, 0.29) is 11.5 Å². The van der Waals surface area contributed by atoms with Gasteiger partial charge in [-0.2, -0.15) is 18.4 Å². The Morgan fingerprint density at radius 3 is 2.28 bits per heavy atom. The maximum Gasteiger partial charge on any atom is 0.417 e. The number of alkyl halides is 3. The van der Waals surface area contributed by atoms with Crippen molar-refractivity contribution in [3.63, 3.8) is 0 Å². The van der Waals surface area contributed by atoms with Crippen LogP contribution >= 0.6 is 12.6 Å². The summed E-state index contributed by atoms with van der Waals surface area (Å²) < 4.78 is 40.4. The molecule has 1 spiro atoms. The number of nitrogens with zero attached hydrogens (tertiary/aromatic N) is 3. The lowest BCUT2D eigenvalue weighted by Crippen LogP contribution is -2.55. The van der Waals surface area contributed by atoms with Crippen molar-refractivity contribution < 1.29 is 13.2 Å². The minimum Gasteiger partial charge on any atom is -0.329 e. The first-order valence-electron chi connectivity index (χ1n) is 9.23. The van der Waals surface area contributed by atoms with E-state index in [1.54, 1.807) is 6.07 Å². The Bertz CT molecular complexity index is 1010. The SMILES string of the molecule is Cc1ccc(N2C(S)N(c3ccc(C#N)c(C(F)(F)F)c3)C(=N)C23CCC3)cc1. The van der Waals surface area contributed by atoms with Gasteiger partial charge >= 0.3 is 6.18 Å². The highest BCUT2D eigenvalue weighted by molar-refractivity contribution is 7.81. The number of hydrogen-bond donors (Lipinski definition) is 2. The second kappa shape index (κ2) is 6.70. The maximum absolute atomic E-state index is 13.5. The van der Waals surface area contributed by atoms with Crippen LogP contribution in [0.2, 0.25) is 0 Å². The van der Waals surface area contributed by atoms with Gasteiger partial charge in [0.2, 0.25) is 0 Å². The van der Waals surface area contributed by atoms with Crippen LogP contribution in [-0.4, -0.2) is 16.9 Å². The van der Waals surface area contributed by atoms with E-state index in [1.807, 2.05) is 36.1 Å². The third-order valence-corrected chi connectivity index (χ3v) is 6.27. The zero-order valence-electron chi connectivity index (χ0n) is 15.7. The Morgan fingerprint density at radius 2 is 1.76 bits per heavy atom. The van der Waals surface area contributed by atoms with Gasteiger partial charge < -0.3 is 4.90 Å². The van der Waals surface area contributed by atoms with Crippen LogP contribution < -0.4 is 9.80 Å². The molecule has 0 radical (unpaired) electrons. The maximum atomic E-state index is 13.5. The van der Waals surface area contributed by atoms with Gasteiger partial charge in [0.05, 0.1) is 17.2 Å². The lowest BCUT2D eigenvalue weighted by molar-refractivity contribution is -0.137. The Morgan fingerprint density at radius 1 is 1.14 bits per heavy atom. The van der Waals surface area contributed by atoms with Gasteiger partial charge in [-0.25, -0.2) is 0 Å². The zero-order chi connectivity index (χ0) is 21.0. The predicted molar refractivity (Wildman–Crippen MR) is 109 cm³/mol.